The Morgan fingerprint density at radius 3 is 2.80 bits per heavy atom. The van der Waals surface area contributed by atoms with Gasteiger partial charge in [-0.3, -0.25) is 4.79 Å². The highest BCUT2D eigenvalue weighted by atomic mass is 32.1. The molecule has 0 radical (unpaired) electrons. The van der Waals surface area contributed by atoms with Crippen LogP contribution >= 0.6 is 11.3 Å². The van der Waals surface area contributed by atoms with E-state index in [-0.39, 0.29) is 0 Å². The molecule has 4 nitrogen and oxygen atoms in total. The summed E-state index contributed by atoms with van der Waals surface area (Å²) in [7, 11) is 0. The van der Waals surface area contributed by atoms with E-state index < -0.39 is 11.4 Å². The van der Waals surface area contributed by atoms with Crippen molar-refractivity contribution in [3.05, 3.63) is 11.1 Å². The fraction of sp³-hybridized carbons (Fsp3) is 0.733. The van der Waals surface area contributed by atoms with E-state index in [0.29, 0.717) is 5.69 Å². The number of thiazole rings is 1. The van der Waals surface area contributed by atoms with Gasteiger partial charge in [0, 0.05) is 11.9 Å². The zero-order valence-corrected chi connectivity index (χ0v) is 13.1. The van der Waals surface area contributed by atoms with Crippen LogP contribution in [0.4, 0.5) is 5.13 Å². The lowest BCUT2D eigenvalue weighted by molar-refractivity contribution is -0.142. The van der Waals surface area contributed by atoms with Crippen molar-refractivity contribution in [1.82, 2.24) is 4.98 Å². The minimum Gasteiger partial charge on any atom is -0.481 e. The second-order valence-electron chi connectivity index (χ2n) is 6.19. The van der Waals surface area contributed by atoms with Crippen molar-refractivity contribution >= 4 is 22.4 Å². The van der Waals surface area contributed by atoms with Crippen LogP contribution in [0.2, 0.25) is 0 Å². The van der Waals surface area contributed by atoms with E-state index in [1.807, 2.05) is 5.38 Å². The van der Waals surface area contributed by atoms with Crippen LogP contribution in [0.15, 0.2) is 5.38 Å². The van der Waals surface area contributed by atoms with Gasteiger partial charge in [-0.1, -0.05) is 32.1 Å². The van der Waals surface area contributed by atoms with Gasteiger partial charge in [-0.05, 0) is 26.2 Å². The number of hydrogen-bond donors (Lipinski definition) is 2. The van der Waals surface area contributed by atoms with Gasteiger partial charge in [-0.25, -0.2) is 4.98 Å². The molecule has 5 heteroatoms. The minimum absolute atomic E-state index is 0.634. The highest BCUT2D eigenvalue weighted by Crippen LogP contribution is 2.28. The van der Waals surface area contributed by atoms with E-state index in [1.54, 1.807) is 13.8 Å². The molecule has 1 aliphatic carbocycles. The number of carbonyl (C=O) groups is 1. The number of carboxylic acid groups (broad SMARTS) is 1. The molecule has 1 fully saturated rings. The van der Waals surface area contributed by atoms with E-state index in [9.17, 15) is 9.90 Å². The lowest BCUT2D eigenvalue weighted by Crippen LogP contribution is -2.28. The number of nitrogens with one attached hydrogen (secondary N) is 1. The number of rotatable bonds is 6. The monoisotopic (exact) mass is 296 g/mol. The second-order valence-corrected chi connectivity index (χ2v) is 7.05. The van der Waals surface area contributed by atoms with Crippen molar-refractivity contribution in [3.63, 3.8) is 0 Å². The van der Waals surface area contributed by atoms with Gasteiger partial charge in [0.25, 0.3) is 0 Å². The summed E-state index contributed by atoms with van der Waals surface area (Å²) in [6.45, 7) is 4.32. The predicted octanol–water partition coefficient (Wildman–Crippen LogP) is 3.89. The number of hydrogen-bond acceptors (Lipinski definition) is 4. The van der Waals surface area contributed by atoms with Crippen molar-refractivity contribution in [3.8, 4) is 0 Å². The van der Waals surface area contributed by atoms with Crippen LogP contribution in [0, 0.1) is 5.92 Å². The molecular formula is C15H24N2O2S. The Morgan fingerprint density at radius 2 is 2.15 bits per heavy atom. The largest absolute Gasteiger partial charge is 0.481 e. The summed E-state index contributed by atoms with van der Waals surface area (Å²) in [5, 5.41) is 15.2. The molecule has 0 saturated heterocycles. The van der Waals surface area contributed by atoms with Gasteiger partial charge in [0.1, 0.15) is 5.41 Å². The highest BCUT2D eigenvalue weighted by Gasteiger charge is 2.32. The van der Waals surface area contributed by atoms with Crippen LogP contribution < -0.4 is 5.32 Å². The average Bonchev–Trinajstić information content (AvgIpc) is 2.89. The maximum atomic E-state index is 11.2. The molecule has 1 aromatic rings. The minimum atomic E-state index is -0.917. The molecule has 0 aromatic carbocycles. The standard InChI is InChI=1S/C15H24N2O2S/c1-15(2,13(18)19)12-10-20-14(17-12)16-9-8-11-6-4-3-5-7-11/h10-11H,3-9H2,1-2H3,(H,16,17)(H,18,19). The summed E-state index contributed by atoms with van der Waals surface area (Å²) < 4.78 is 0. The fourth-order valence-electron chi connectivity index (χ4n) is 2.61. The molecular weight excluding hydrogens is 272 g/mol. The summed E-state index contributed by atoms with van der Waals surface area (Å²) in [4.78, 5) is 15.6. The normalized spacial score (nSPS) is 17.1. The Morgan fingerprint density at radius 1 is 1.45 bits per heavy atom. The first-order chi connectivity index (χ1) is 9.50. The van der Waals surface area contributed by atoms with Gasteiger partial charge in [-0.2, -0.15) is 0 Å². The second kappa shape index (κ2) is 6.57. The Labute approximate surface area is 124 Å². The van der Waals surface area contributed by atoms with E-state index in [2.05, 4.69) is 10.3 Å². The first-order valence-electron chi connectivity index (χ1n) is 7.43. The maximum absolute atomic E-state index is 11.2. The van der Waals surface area contributed by atoms with Crippen molar-refractivity contribution < 1.29 is 9.90 Å². The Hall–Kier alpha value is -1.10. The highest BCUT2D eigenvalue weighted by molar-refractivity contribution is 7.13. The van der Waals surface area contributed by atoms with Gasteiger partial charge in [0.15, 0.2) is 5.13 Å². The summed E-state index contributed by atoms with van der Waals surface area (Å²) >= 11 is 1.49. The molecule has 0 unspecified atom stereocenters. The first kappa shape index (κ1) is 15.3. The third-order valence-corrected chi connectivity index (χ3v) is 5.03. The molecule has 1 saturated carbocycles. The van der Waals surface area contributed by atoms with Crippen LogP contribution in [0.3, 0.4) is 0 Å². The van der Waals surface area contributed by atoms with Crippen molar-refractivity contribution in [2.24, 2.45) is 5.92 Å². The summed E-state index contributed by atoms with van der Waals surface area (Å²) in [5.74, 6) is 0.0164. The van der Waals surface area contributed by atoms with Crippen LogP contribution in [0.25, 0.3) is 0 Å². The fourth-order valence-corrected chi connectivity index (χ4v) is 3.52. The Bertz CT molecular complexity index is 450. The lowest BCUT2D eigenvalue weighted by Gasteiger charge is -2.21. The van der Waals surface area contributed by atoms with Crippen LogP contribution in [0.5, 0.6) is 0 Å². The molecule has 2 N–H and O–H groups in total. The van der Waals surface area contributed by atoms with Crippen molar-refractivity contribution in [2.45, 2.75) is 57.8 Å². The van der Waals surface area contributed by atoms with Gasteiger partial charge < -0.3 is 10.4 Å². The van der Waals surface area contributed by atoms with Crippen molar-refractivity contribution in [2.75, 3.05) is 11.9 Å². The number of aromatic nitrogens is 1. The molecule has 0 aliphatic heterocycles. The van der Waals surface area contributed by atoms with Gasteiger partial charge in [0.05, 0.1) is 5.69 Å². The molecule has 0 atom stereocenters. The van der Waals surface area contributed by atoms with Gasteiger partial charge in [0.2, 0.25) is 0 Å². The zero-order chi connectivity index (χ0) is 14.6. The third kappa shape index (κ3) is 3.72. The smallest absolute Gasteiger partial charge is 0.315 e. The average molecular weight is 296 g/mol. The lowest BCUT2D eigenvalue weighted by atomic mass is 9.87. The topological polar surface area (TPSA) is 62.2 Å². The van der Waals surface area contributed by atoms with E-state index in [4.69, 9.17) is 0 Å². The molecule has 1 aliphatic rings. The molecule has 1 aromatic heterocycles. The molecule has 20 heavy (non-hydrogen) atoms. The summed E-state index contributed by atoms with van der Waals surface area (Å²) in [5.41, 5.74) is -0.282. The Balaban J connectivity index is 1.82. The number of carboxylic acids is 1. The SMILES string of the molecule is CC(C)(C(=O)O)c1csc(NCCC2CCCCC2)n1. The summed E-state index contributed by atoms with van der Waals surface area (Å²) in [6.07, 6.45) is 8.05. The van der Waals surface area contributed by atoms with Crippen LogP contribution in [0.1, 0.15) is 58.1 Å². The molecule has 2 rings (SSSR count). The van der Waals surface area contributed by atoms with Crippen LogP contribution in [-0.2, 0) is 10.2 Å². The maximum Gasteiger partial charge on any atom is 0.315 e. The van der Waals surface area contributed by atoms with E-state index in [0.717, 1.165) is 17.6 Å². The molecule has 0 bridgehead atoms. The Kier molecular flexibility index (Phi) is 5.02. The van der Waals surface area contributed by atoms with Crippen molar-refractivity contribution in [1.29, 1.82) is 0 Å². The molecule has 0 spiro atoms. The molecule has 1 heterocycles. The predicted molar refractivity (Wildman–Crippen MR) is 82.5 cm³/mol. The zero-order valence-electron chi connectivity index (χ0n) is 12.3. The van der Waals surface area contributed by atoms with Gasteiger partial charge in [-0.15, -0.1) is 11.3 Å². The number of nitrogens with zero attached hydrogens (tertiary/aromatic N) is 1. The number of anilines is 1. The molecule has 112 valence electrons. The summed E-state index contributed by atoms with van der Waals surface area (Å²) in [6, 6.07) is 0. The van der Waals surface area contributed by atoms with E-state index in [1.165, 1.54) is 49.9 Å². The third-order valence-electron chi connectivity index (χ3n) is 4.23. The van der Waals surface area contributed by atoms with Crippen LogP contribution in [-0.4, -0.2) is 22.6 Å². The van der Waals surface area contributed by atoms with Gasteiger partial charge >= 0.3 is 5.97 Å². The first-order valence-corrected chi connectivity index (χ1v) is 8.31. The van der Waals surface area contributed by atoms with E-state index >= 15 is 0 Å². The molecule has 0 amide bonds. The quantitative estimate of drug-likeness (QED) is 0.836. The number of aliphatic carboxylic acids is 1.